The molecule has 4 aliphatic rings. The number of carboxylic acids is 1. The molecular weight excluding hydrogens is 1730 g/mol. The Kier molecular flexibility index (Phi) is 31.6. The number of aromatic nitrogens is 8. The number of alkyl carbamates (subject to hydrolysis) is 3. The van der Waals surface area contributed by atoms with E-state index in [1.807, 2.05) is 131 Å². The van der Waals surface area contributed by atoms with Crippen LogP contribution < -0.4 is 21.3 Å². The Bertz CT molecular complexity index is 6240. The van der Waals surface area contributed by atoms with Gasteiger partial charge in [0, 0.05) is 44.2 Å². The minimum atomic E-state index is -0.991. The summed E-state index contributed by atoms with van der Waals surface area (Å²) in [7, 11) is 3.89. The van der Waals surface area contributed by atoms with Crippen molar-refractivity contribution in [2.45, 2.75) is 188 Å². The van der Waals surface area contributed by atoms with E-state index in [0.717, 1.165) is 158 Å². The van der Waals surface area contributed by atoms with E-state index in [1.165, 1.54) is 39.4 Å². The summed E-state index contributed by atoms with van der Waals surface area (Å²) in [5.74, 6) is 1.28. The third-order valence-corrected chi connectivity index (χ3v) is 26.0. The number of hydrogen-bond acceptors (Lipinski definition) is 17. The lowest BCUT2D eigenvalue weighted by molar-refractivity contribution is -0.142. The average molecular weight is 1860 g/mol. The van der Waals surface area contributed by atoms with E-state index in [4.69, 9.17) is 44.0 Å². The Morgan fingerprint density at radius 3 is 1.02 bits per heavy atom. The van der Waals surface area contributed by atoms with E-state index < -0.39 is 54.0 Å². The highest BCUT2D eigenvalue weighted by Crippen LogP contribution is 2.43. The van der Waals surface area contributed by atoms with Crippen molar-refractivity contribution < 1.29 is 67.2 Å². The lowest BCUT2D eigenvalue weighted by Crippen LogP contribution is -2.51. The van der Waals surface area contributed by atoms with Crippen LogP contribution in [0.25, 0.3) is 88.8 Å². The van der Waals surface area contributed by atoms with Gasteiger partial charge in [0.1, 0.15) is 53.1 Å². The minimum absolute atomic E-state index is 0.0867. The molecule has 8 amide bonds. The van der Waals surface area contributed by atoms with Crippen LogP contribution in [0.3, 0.4) is 0 Å². The van der Waals surface area contributed by atoms with Gasteiger partial charge in [0.05, 0.1) is 93.1 Å². The van der Waals surface area contributed by atoms with E-state index in [0.29, 0.717) is 32.0 Å². The number of carbonyl (C=O) groups is 9. The van der Waals surface area contributed by atoms with Gasteiger partial charge in [-0.25, -0.2) is 43.9 Å². The highest BCUT2D eigenvalue weighted by atomic mass is 16.6. The van der Waals surface area contributed by atoms with E-state index >= 15 is 0 Å². The number of hydrogen-bond donors (Lipinski definition) is 9. The zero-order valence-corrected chi connectivity index (χ0v) is 80.5. The fourth-order valence-electron chi connectivity index (χ4n) is 18.8. The number of amides is 8. The Labute approximate surface area is 799 Å². The number of carboxylic acid groups (broad SMARTS) is 1. The van der Waals surface area contributed by atoms with E-state index in [9.17, 15) is 43.2 Å². The van der Waals surface area contributed by atoms with Gasteiger partial charge in [-0.3, -0.25) is 24.1 Å². The molecule has 4 aromatic heterocycles. The number of H-pyrrole nitrogens is 4. The number of nitrogens with zero attached hydrogens (tertiary/aromatic N) is 8. The van der Waals surface area contributed by atoms with Crippen molar-refractivity contribution in [1.82, 2.24) is 80.7 Å². The predicted molar refractivity (Wildman–Crippen MR) is 526 cm³/mol. The van der Waals surface area contributed by atoms with Crippen LogP contribution in [0.1, 0.15) is 180 Å². The molecule has 9 N–H and O–H groups in total. The first-order valence-corrected chi connectivity index (χ1v) is 47.2. The van der Waals surface area contributed by atoms with Gasteiger partial charge >= 0.3 is 30.3 Å². The Morgan fingerprint density at radius 2 is 0.693 bits per heavy atom. The fraction of sp³-hybridized carbons (Fsp3) is 0.393. The van der Waals surface area contributed by atoms with Gasteiger partial charge in [-0.2, -0.15) is 0 Å². The van der Waals surface area contributed by atoms with Gasteiger partial charge in [-0.05, 0) is 198 Å². The number of methoxy groups -OCH3 is 3. The summed E-state index contributed by atoms with van der Waals surface area (Å²) in [5.41, 5.74) is 13.7. The smallest absolute Gasteiger partial charge is 0.410 e. The van der Waals surface area contributed by atoms with Gasteiger partial charge in [0.25, 0.3) is 0 Å². The lowest BCUT2D eigenvalue weighted by atomic mass is 9.96. The van der Waals surface area contributed by atoms with Crippen LogP contribution in [0.5, 0.6) is 0 Å². The van der Waals surface area contributed by atoms with Gasteiger partial charge in [-0.1, -0.05) is 213 Å². The molecule has 137 heavy (non-hydrogen) atoms. The van der Waals surface area contributed by atoms with Crippen LogP contribution in [0.15, 0.2) is 207 Å². The maximum atomic E-state index is 14.2. The SMILES string of the molecule is CC(=O)N[C@H](C(=O)O)C(C)C.COC(=O)N[C@H](C(=O)N1CCC[C@H]1c1ncc(-c2ccc3cc(-c4ccc(-c5cnc([C@@H]6C[C@@H](Cc7ccccc7)CN6C(=O)OC(C)(C)C)[nH]5)cc4)ccc3c2)[nH]1)C(C)C.COC(=O)N[C@H](C(=O)N1CCC[C@H]1c1ncc(-c2ccc3cc(-c4ccc(-c5cnc([C@@H]6C[C@@H](Cc7ccccc7)CN6C(=O)[C@@H](NC(=O)OC)C(C)C)[nH]5)cc4)ccc3c2)[nH]1)C(C)C. The summed E-state index contributed by atoms with van der Waals surface area (Å²) in [4.78, 5) is 153. The maximum absolute atomic E-state index is 14.2. The molecule has 4 aliphatic heterocycles. The molecule has 0 unspecified atom stereocenters. The van der Waals surface area contributed by atoms with Crippen molar-refractivity contribution in [1.29, 1.82) is 0 Å². The standard InChI is InChI=1S/C51H58N8O6.C49H55N7O5.C7H13NO3/c1-30(2)44(56-50(62)64-5)48(60)58-22-10-13-42(58)46-52-28-41(55-46)39-21-20-37-25-36(18-19-38(37)26-39)34-14-16-35(17-15-34)40-27-53-47(54-40)43-24-33(23-32-11-8-7-9-12-32)29-59(43)49(61)45(31(3)4)57-51(63)65-6;1-30(2)43(54-47(58)60-6)46(57)55-22-10-13-41(55)44-50-28-40(53-44)38-21-20-36-25-35(18-19-37(36)26-38)33-14-16-34(17-15-33)39-27-51-45(52-39)42-24-32(23-31-11-8-7-9-12-31)29-56(42)48(59)61-49(3,4)5;1-4(2)6(7(10)11)8-5(3)9/h7-9,11-12,14-21,25-28,30-31,33,42-45H,10,13,22-24,29H2,1-6H3,(H,52,55)(H,53,54)(H,56,62)(H,57,63);7-9,11-12,14-21,25-28,30,32,41-43H,10,13,22-24,29H2,1-6H3,(H,50,53)(H,51,52)(H,54,58);4,6H,1-3H3,(H,8,9)(H,10,11)/t33-,42+,43+,44+,45+;32-,41+,42+,43+;6-/m110/s1. The molecule has 4 saturated heterocycles. The number of nitrogens with one attached hydrogen (secondary N) is 8. The number of fused-ring (bicyclic) bond motifs is 2. The van der Waals surface area contributed by atoms with E-state index in [2.05, 4.69) is 199 Å². The monoisotopic (exact) mass is 1860 g/mol. The Balaban J connectivity index is 0.000000197. The van der Waals surface area contributed by atoms with Gasteiger partial charge in [-0.15, -0.1) is 0 Å². The predicted octanol–water partition coefficient (Wildman–Crippen LogP) is 18.9. The third kappa shape index (κ3) is 24.1. The molecule has 16 rings (SSSR count). The number of aromatic amines is 4. The first-order valence-electron chi connectivity index (χ1n) is 47.2. The molecule has 0 aliphatic carbocycles. The summed E-state index contributed by atoms with van der Waals surface area (Å²) < 4.78 is 20.3. The van der Waals surface area contributed by atoms with Crippen LogP contribution in [0, 0.1) is 35.5 Å². The van der Waals surface area contributed by atoms with Crippen molar-refractivity contribution in [2.24, 2.45) is 35.5 Å². The van der Waals surface area contributed by atoms with Crippen molar-refractivity contribution in [3.05, 3.63) is 241 Å². The first-order chi connectivity index (χ1) is 65.7. The first kappa shape index (κ1) is 98.5. The third-order valence-electron chi connectivity index (χ3n) is 26.0. The molecule has 718 valence electrons. The van der Waals surface area contributed by atoms with Crippen LogP contribution >= 0.6 is 0 Å². The van der Waals surface area contributed by atoms with Crippen LogP contribution in [-0.4, -0.2) is 196 Å². The van der Waals surface area contributed by atoms with Crippen molar-refractivity contribution in [3.63, 3.8) is 0 Å². The molecule has 8 aromatic carbocycles. The number of ether oxygens (including phenoxy) is 4. The average Bonchev–Trinajstić information content (AvgIpc) is 1.53. The number of imidazole rings is 4. The Hall–Kier alpha value is -14.5. The molecule has 10 atom stereocenters. The molecule has 30 nitrogen and oxygen atoms in total. The minimum Gasteiger partial charge on any atom is -0.480 e. The number of benzene rings is 8. The fourth-order valence-corrected chi connectivity index (χ4v) is 18.8. The van der Waals surface area contributed by atoms with E-state index in [-0.39, 0.29) is 89.4 Å². The second-order valence-electron chi connectivity index (χ2n) is 38.4. The van der Waals surface area contributed by atoms with Crippen molar-refractivity contribution in [3.8, 4) is 67.3 Å². The molecule has 0 radical (unpaired) electrons. The lowest BCUT2D eigenvalue weighted by Gasteiger charge is -2.30. The van der Waals surface area contributed by atoms with Gasteiger partial charge in [0.15, 0.2) is 0 Å². The molecule has 30 heteroatoms. The quantitative estimate of drug-likeness (QED) is 0.0227. The van der Waals surface area contributed by atoms with Crippen LogP contribution in [0.2, 0.25) is 0 Å². The molecule has 8 heterocycles. The normalized spacial score (nSPS) is 17.9. The molecule has 0 saturated carbocycles. The Morgan fingerprint density at radius 1 is 0.387 bits per heavy atom. The number of carbonyl (C=O) groups excluding carboxylic acids is 8. The molecule has 0 spiro atoms. The topological polar surface area (TPSA) is 387 Å². The highest BCUT2D eigenvalue weighted by Gasteiger charge is 2.45. The van der Waals surface area contributed by atoms with Crippen LogP contribution in [0.4, 0.5) is 19.2 Å². The highest BCUT2D eigenvalue weighted by molar-refractivity contribution is 5.94. The number of aliphatic carboxylic acids is 1. The summed E-state index contributed by atoms with van der Waals surface area (Å²) >= 11 is 0. The number of rotatable bonds is 26. The summed E-state index contributed by atoms with van der Waals surface area (Å²) in [5, 5.41) is 23.5. The second-order valence-corrected chi connectivity index (χ2v) is 38.4. The summed E-state index contributed by atoms with van der Waals surface area (Å²) in [6, 6.07) is 59.4. The summed E-state index contributed by atoms with van der Waals surface area (Å²) in [6.45, 7) is 24.3. The summed E-state index contributed by atoms with van der Waals surface area (Å²) in [6.07, 6.45) is 11.7. The zero-order valence-electron chi connectivity index (χ0n) is 80.5. The van der Waals surface area contributed by atoms with Crippen LogP contribution in [-0.2, 0) is 55.8 Å². The van der Waals surface area contributed by atoms with Gasteiger partial charge < -0.3 is 80.0 Å². The van der Waals surface area contributed by atoms with Gasteiger partial charge in [0.2, 0.25) is 23.6 Å². The van der Waals surface area contributed by atoms with Crippen molar-refractivity contribution >= 4 is 75.5 Å². The van der Waals surface area contributed by atoms with Crippen molar-refractivity contribution in [2.75, 3.05) is 47.5 Å². The maximum Gasteiger partial charge on any atom is 0.410 e. The zero-order chi connectivity index (χ0) is 97.6. The second kappa shape index (κ2) is 43.9. The molecule has 0 bridgehead atoms. The number of likely N-dealkylation sites (tertiary alicyclic amines) is 4. The molecular formula is C107H126N16O14. The molecule has 12 aromatic rings. The molecule has 4 fully saturated rings. The largest absolute Gasteiger partial charge is 0.480 e. The van der Waals surface area contributed by atoms with E-state index in [1.54, 1.807) is 13.8 Å².